The highest BCUT2D eigenvalue weighted by molar-refractivity contribution is 7.90. The van der Waals surface area contributed by atoms with Crippen molar-refractivity contribution in [1.29, 1.82) is 0 Å². The third-order valence-electron chi connectivity index (χ3n) is 2.63. The summed E-state index contributed by atoms with van der Waals surface area (Å²) in [6.45, 7) is 0.869. The largest absolute Gasteiger partial charge is 0.342 e. The molecule has 1 N–H and O–H groups in total. The van der Waals surface area contributed by atoms with Crippen LogP contribution in [0.25, 0.3) is 0 Å². The first-order valence-corrected chi connectivity index (χ1v) is 7.60. The Bertz CT molecular complexity index is 336. The van der Waals surface area contributed by atoms with Crippen molar-refractivity contribution in [2.24, 2.45) is 0 Å². The fourth-order valence-electron chi connectivity index (χ4n) is 1.44. The lowest BCUT2D eigenvalue weighted by Gasteiger charge is -2.16. The zero-order valence-corrected chi connectivity index (χ0v) is 10.7. The van der Waals surface area contributed by atoms with Crippen LogP contribution in [-0.4, -0.2) is 57.4 Å². The number of likely N-dealkylation sites (N-methyl/N-ethyl adjacent to an activating group) is 1. The zero-order valence-electron chi connectivity index (χ0n) is 9.90. The number of rotatable bonds is 7. The highest BCUT2D eigenvalue weighted by Crippen LogP contribution is 2.24. The molecule has 16 heavy (non-hydrogen) atoms. The zero-order chi connectivity index (χ0) is 12.2. The van der Waals surface area contributed by atoms with E-state index < -0.39 is 9.84 Å². The molecule has 1 fully saturated rings. The number of hydrogen-bond acceptors (Lipinski definition) is 4. The minimum Gasteiger partial charge on any atom is -0.342 e. The van der Waals surface area contributed by atoms with E-state index in [0.29, 0.717) is 25.6 Å². The van der Waals surface area contributed by atoms with E-state index >= 15 is 0 Å². The Balaban J connectivity index is 2.04. The van der Waals surface area contributed by atoms with Crippen LogP contribution in [0.1, 0.15) is 19.3 Å². The average Bonchev–Trinajstić information content (AvgIpc) is 2.97. The molecule has 1 amide bonds. The van der Waals surface area contributed by atoms with Crippen molar-refractivity contribution in [3.8, 4) is 0 Å². The van der Waals surface area contributed by atoms with Gasteiger partial charge in [0, 0.05) is 19.3 Å². The fraction of sp³-hybridized carbons (Fsp3) is 0.900. The van der Waals surface area contributed by atoms with Crippen LogP contribution in [0.5, 0.6) is 0 Å². The van der Waals surface area contributed by atoms with Gasteiger partial charge in [-0.3, -0.25) is 4.79 Å². The molecule has 0 aliphatic heterocycles. The van der Waals surface area contributed by atoms with Gasteiger partial charge in [-0.1, -0.05) is 0 Å². The van der Waals surface area contributed by atoms with Crippen LogP contribution < -0.4 is 5.32 Å². The molecular weight excluding hydrogens is 228 g/mol. The maximum atomic E-state index is 11.5. The molecule has 6 heteroatoms. The van der Waals surface area contributed by atoms with Crippen LogP contribution in [0, 0.1) is 0 Å². The molecule has 0 spiro atoms. The van der Waals surface area contributed by atoms with E-state index in [-0.39, 0.29) is 11.7 Å². The molecule has 0 aromatic heterocycles. The molecule has 1 aliphatic carbocycles. The Morgan fingerprint density at radius 3 is 2.56 bits per heavy atom. The number of nitrogens with one attached hydrogen (secondary N) is 1. The molecule has 1 aliphatic rings. The number of amides is 1. The van der Waals surface area contributed by atoms with E-state index in [1.54, 1.807) is 4.90 Å². The topological polar surface area (TPSA) is 66.5 Å². The van der Waals surface area contributed by atoms with E-state index in [4.69, 9.17) is 0 Å². The lowest BCUT2D eigenvalue weighted by Crippen LogP contribution is -2.37. The molecule has 0 saturated heterocycles. The maximum Gasteiger partial charge on any atom is 0.236 e. The number of sulfone groups is 1. The van der Waals surface area contributed by atoms with Gasteiger partial charge in [0.2, 0.25) is 5.91 Å². The highest BCUT2D eigenvalue weighted by atomic mass is 32.2. The summed E-state index contributed by atoms with van der Waals surface area (Å²) >= 11 is 0. The number of hydrogen-bond donors (Lipinski definition) is 1. The molecule has 1 rings (SSSR count). The first kappa shape index (κ1) is 13.4. The minimum absolute atomic E-state index is 0.0851. The van der Waals surface area contributed by atoms with Crippen LogP contribution in [0.2, 0.25) is 0 Å². The van der Waals surface area contributed by atoms with Crippen LogP contribution in [0.3, 0.4) is 0 Å². The van der Waals surface area contributed by atoms with E-state index in [2.05, 4.69) is 5.32 Å². The van der Waals surface area contributed by atoms with Gasteiger partial charge in [0.05, 0.1) is 12.3 Å². The quantitative estimate of drug-likeness (QED) is 0.624. The minimum atomic E-state index is -2.88. The SMILES string of the molecule is CN(C(=O)CNCCCS(C)(=O)=O)C1CC1. The predicted molar refractivity (Wildman–Crippen MR) is 63.0 cm³/mol. The normalized spacial score (nSPS) is 16.1. The van der Waals surface area contributed by atoms with Gasteiger partial charge in [-0.25, -0.2) is 8.42 Å². The van der Waals surface area contributed by atoms with Crippen LogP contribution in [0.15, 0.2) is 0 Å². The van der Waals surface area contributed by atoms with Crippen LogP contribution >= 0.6 is 0 Å². The Kier molecular flexibility index (Phi) is 4.73. The predicted octanol–water partition coefficient (Wildman–Crippen LogP) is -0.368. The van der Waals surface area contributed by atoms with Crippen molar-refractivity contribution >= 4 is 15.7 Å². The van der Waals surface area contributed by atoms with Crippen molar-refractivity contribution in [1.82, 2.24) is 10.2 Å². The van der Waals surface area contributed by atoms with Gasteiger partial charge in [-0.15, -0.1) is 0 Å². The lowest BCUT2D eigenvalue weighted by molar-refractivity contribution is -0.129. The maximum absolute atomic E-state index is 11.5. The molecule has 0 aromatic carbocycles. The summed E-state index contributed by atoms with van der Waals surface area (Å²) in [5.74, 6) is 0.258. The van der Waals surface area contributed by atoms with E-state index in [1.807, 2.05) is 7.05 Å². The molecule has 0 aromatic rings. The van der Waals surface area contributed by atoms with Gasteiger partial charge in [0.15, 0.2) is 0 Å². The van der Waals surface area contributed by atoms with Crippen molar-refractivity contribution in [3.05, 3.63) is 0 Å². The number of carbonyl (C=O) groups is 1. The summed E-state index contributed by atoms with van der Waals surface area (Å²) in [6.07, 6.45) is 3.99. The molecule has 0 heterocycles. The fourth-order valence-corrected chi connectivity index (χ4v) is 2.11. The second kappa shape index (κ2) is 5.63. The van der Waals surface area contributed by atoms with Gasteiger partial charge in [-0.05, 0) is 25.8 Å². The molecule has 5 nitrogen and oxygen atoms in total. The lowest BCUT2D eigenvalue weighted by atomic mass is 10.4. The number of nitrogens with zero attached hydrogens (tertiary/aromatic N) is 1. The third-order valence-corrected chi connectivity index (χ3v) is 3.66. The molecular formula is C10H20N2O3S. The first-order chi connectivity index (χ1) is 7.40. The molecule has 0 unspecified atom stereocenters. The summed E-state index contributed by atoms with van der Waals surface area (Å²) in [6, 6.07) is 0.435. The Morgan fingerprint density at radius 1 is 1.44 bits per heavy atom. The molecule has 94 valence electrons. The van der Waals surface area contributed by atoms with E-state index in [1.165, 1.54) is 6.26 Å². The highest BCUT2D eigenvalue weighted by Gasteiger charge is 2.28. The molecule has 0 radical (unpaired) electrons. The van der Waals surface area contributed by atoms with Gasteiger partial charge < -0.3 is 10.2 Å². The second-order valence-corrected chi connectivity index (χ2v) is 6.66. The van der Waals surface area contributed by atoms with Crippen molar-refractivity contribution in [3.63, 3.8) is 0 Å². The van der Waals surface area contributed by atoms with Gasteiger partial charge in [0.25, 0.3) is 0 Å². The number of carbonyl (C=O) groups excluding carboxylic acids is 1. The summed E-state index contributed by atoms with van der Waals surface area (Å²) in [7, 11) is -1.06. The molecule has 0 bridgehead atoms. The van der Waals surface area contributed by atoms with Gasteiger partial charge >= 0.3 is 0 Å². The van der Waals surface area contributed by atoms with Gasteiger partial charge in [0.1, 0.15) is 9.84 Å². The second-order valence-electron chi connectivity index (χ2n) is 4.40. The van der Waals surface area contributed by atoms with Crippen molar-refractivity contribution < 1.29 is 13.2 Å². The summed E-state index contributed by atoms with van der Waals surface area (Å²) < 4.78 is 21.7. The first-order valence-electron chi connectivity index (χ1n) is 5.54. The van der Waals surface area contributed by atoms with Crippen LogP contribution in [-0.2, 0) is 14.6 Å². The standard InChI is InChI=1S/C10H20N2O3S/c1-12(9-4-5-9)10(13)8-11-6-3-7-16(2,14)15/h9,11H,3-8H2,1-2H3. The van der Waals surface area contributed by atoms with E-state index in [9.17, 15) is 13.2 Å². The van der Waals surface area contributed by atoms with Gasteiger partial charge in [-0.2, -0.15) is 0 Å². The summed E-state index contributed by atoms with van der Waals surface area (Å²) in [5.41, 5.74) is 0. The summed E-state index contributed by atoms with van der Waals surface area (Å²) in [5, 5.41) is 2.97. The Morgan fingerprint density at radius 2 is 2.06 bits per heavy atom. The monoisotopic (exact) mass is 248 g/mol. The van der Waals surface area contributed by atoms with E-state index in [0.717, 1.165) is 12.8 Å². The Labute approximate surface area is 97.1 Å². The average molecular weight is 248 g/mol. The smallest absolute Gasteiger partial charge is 0.236 e. The Hall–Kier alpha value is -0.620. The van der Waals surface area contributed by atoms with Crippen molar-refractivity contribution in [2.75, 3.05) is 32.1 Å². The van der Waals surface area contributed by atoms with Crippen molar-refractivity contribution in [2.45, 2.75) is 25.3 Å². The molecule has 0 atom stereocenters. The molecule has 1 saturated carbocycles. The summed E-state index contributed by atoms with van der Waals surface area (Å²) in [4.78, 5) is 13.3. The van der Waals surface area contributed by atoms with Crippen LogP contribution in [0.4, 0.5) is 0 Å². The third kappa shape index (κ3) is 5.46.